The number of carbonyl (C=O) groups excluding carboxylic acids is 2. The number of esters is 1. The van der Waals surface area contributed by atoms with Crippen LogP contribution in [0, 0.1) is 0 Å². The van der Waals surface area contributed by atoms with Gasteiger partial charge in [0.1, 0.15) is 17.4 Å². The Hall–Kier alpha value is -2.56. The van der Waals surface area contributed by atoms with E-state index in [4.69, 9.17) is 14.3 Å². The second kappa shape index (κ2) is 6.22. The molecule has 3 aliphatic heterocycles. The molecule has 0 radical (unpaired) electrons. The molecule has 2 saturated heterocycles. The Balaban J connectivity index is 1.74. The summed E-state index contributed by atoms with van der Waals surface area (Å²) in [4.78, 5) is 31.6. The SMILES string of the molecule is COC(=O)c1cc(O)c2c(c1)N1C[C@H]3[C@H](N3C(=O)OC(C)(C)C)[C@](O)(O1)[C@@H]2CO. The van der Waals surface area contributed by atoms with Crippen molar-refractivity contribution in [3.05, 3.63) is 23.3 Å². The summed E-state index contributed by atoms with van der Waals surface area (Å²) < 4.78 is 10.1. The van der Waals surface area contributed by atoms with Crippen molar-refractivity contribution in [1.29, 1.82) is 0 Å². The number of hydroxylamine groups is 1. The number of aliphatic hydroxyl groups excluding tert-OH is 1. The lowest BCUT2D eigenvalue weighted by molar-refractivity contribution is -0.250. The van der Waals surface area contributed by atoms with Gasteiger partial charge in [-0.15, -0.1) is 0 Å². The van der Waals surface area contributed by atoms with Crippen molar-refractivity contribution < 1.29 is 39.2 Å². The third-order valence-electron chi connectivity index (χ3n) is 5.43. The number of anilines is 1. The first kappa shape index (κ1) is 19.7. The first-order chi connectivity index (χ1) is 13.5. The topological polar surface area (TPSA) is 129 Å². The molecule has 10 heteroatoms. The lowest BCUT2D eigenvalue weighted by atomic mass is 9.82. The molecule has 0 aromatic heterocycles. The molecular formula is C19H24N2O8. The zero-order chi connectivity index (χ0) is 21.3. The molecule has 2 fully saturated rings. The molecule has 3 N–H and O–H groups in total. The number of methoxy groups -OCH3 is 1. The van der Waals surface area contributed by atoms with Crippen LogP contribution in [0.2, 0.25) is 0 Å². The van der Waals surface area contributed by atoms with Crippen LogP contribution < -0.4 is 5.06 Å². The minimum absolute atomic E-state index is 0.0939. The third-order valence-corrected chi connectivity index (χ3v) is 5.43. The summed E-state index contributed by atoms with van der Waals surface area (Å²) in [7, 11) is 1.22. The molecule has 3 aliphatic rings. The van der Waals surface area contributed by atoms with Crippen LogP contribution >= 0.6 is 0 Å². The molecule has 4 rings (SSSR count). The van der Waals surface area contributed by atoms with Gasteiger partial charge in [-0.05, 0) is 32.9 Å². The van der Waals surface area contributed by atoms with E-state index in [-0.39, 0.29) is 23.4 Å². The highest BCUT2D eigenvalue weighted by Crippen LogP contribution is 2.56. The second-order valence-electron chi connectivity index (χ2n) is 8.46. The highest BCUT2D eigenvalue weighted by atomic mass is 16.8. The van der Waals surface area contributed by atoms with Crippen molar-refractivity contribution in [2.75, 3.05) is 25.3 Å². The van der Waals surface area contributed by atoms with Crippen LogP contribution in [0.15, 0.2) is 12.1 Å². The number of phenolic OH excluding ortho intramolecular Hbond substituents is 1. The molecule has 2 bridgehead atoms. The Labute approximate surface area is 167 Å². The van der Waals surface area contributed by atoms with E-state index in [0.29, 0.717) is 5.69 Å². The van der Waals surface area contributed by atoms with E-state index < -0.39 is 48.1 Å². The molecule has 10 nitrogen and oxygen atoms in total. The molecule has 0 unspecified atom stereocenters. The molecule has 1 aromatic rings. The zero-order valence-corrected chi connectivity index (χ0v) is 16.6. The smallest absolute Gasteiger partial charge is 0.411 e. The van der Waals surface area contributed by atoms with Crippen LogP contribution in [-0.4, -0.2) is 76.0 Å². The summed E-state index contributed by atoms with van der Waals surface area (Å²) in [5.74, 6) is -3.93. The lowest BCUT2D eigenvalue weighted by Crippen LogP contribution is -2.59. The van der Waals surface area contributed by atoms with Gasteiger partial charge in [0.05, 0.1) is 43.5 Å². The van der Waals surface area contributed by atoms with E-state index in [9.17, 15) is 24.9 Å². The van der Waals surface area contributed by atoms with Gasteiger partial charge in [-0.25, -0.2) is 19.5 Å². The van der Waals surface area contributed by atoms with Gasteiger partial charge in [-0.3, -0.25) is 4.90 Å². The van der Waals surface area contributed by atoms with Crippen LogP contribution in [0.25, 0.3) is 0 Å². The summed E-state index contributed by atoms with van der Waals surface area (Å²) in [6.07, 6.45) is -0.599. The molecule has 3 heterocycles. The Morgan fingerprint density at radius 2 is 2.03 bits per heavy atom. The highest BCUT2D eigenvalue weighted by Gasteiger charge is 2.72. The first-order valence-electron chi connectivity index (χ1n) is 9.28. The van der Waals surface area contributed by atoms with Gasteiger partial charge in [-0.1, -0.05) is 0 Å². The maximum Gasteiger partial charge on any atom is 0.411 e. The molecule has 0 spiro atoms. The van der Waals surface area contributed by atoms with Crippen molar-refractivity contribution in [3.8, 4) is 5.75 Å². The van der Waals surface area contributed by atoms with Crippen LogP contribution in [0.1, 0.15) is 42.6 Å². The number of rotatable bonds is 2. The van der Waals surface area contributed by atoms with Gasteiger partial charge >= 0.3 is 12.1 Å². The number of amides is 1. The first-order valence-corrected chi connectivity index (χ1v) is 9.28. The number of fused-ring (bicyclic) bond motifs is 6. The molecule has 0 saturated carbocycles. The summed E-state index contributed by atoms with van der Waals surface area (Å²) in [6, 6.07) is 1.53. The Kier molecular flexibility index (Phi) is 4.23. The summed E-state index contributed by atoms with van der Waals surface area (Å²) in [5.41, 5.74) is -0.0577. The van der Waals surface area contributed by atoms with Gasteiger partial charge < -0.3 is 24.8 Å². The molecule has 0 aliphatic carbocycles. The molecule has 1 amide bonds. The van der Waals surface area contributed by atoms with Gasteiger partial charge in [0.2, 0.25) is 5.79 Å². The van der Waals surface area contributed by atoms with E-state index in [2.05, 4.69) is 0 Å². The molecule has 29 heavy (non-hydrogen) atoms. The quantitative estimate of drug-likeness (QED) is 0.478. The van der Waals surface area contributed by atoms with Crippen LogP contribution in [0.5, 0.6) is 5.75 Å². The van der Waals surface area contributed by atoms with Gasteiger partial charge in [0, 0.05) is 5.56 Å². The summed E-state index contributed by atoms with van der Waals surface area (Å²) >= 11 is 0. The van der Waals surface area contributed by atoms with E-state index in [1.807, 2.05) is 0 Å². The van der Waals surface area contributed by atoms with E-state index in [0.717, 1.165) is 0 Å². The zero-order valence-electron chi connectivity index (χ0n) is 16.6. The minimum atomic E-state index is -1.95. The number of ether oxygens (including phenoxy) is 2. The summed E-state index contributed by atoms with van der Waals surface area (Å²) in [5, 5.41) is 33.2. The minimum Gasteiger partial charge on any atom is -0.508 e. The number of carbonyl (C=O) groups is 2. The number of nitrogens with zero attached hydrogens (tertiary/aromatic N) is 2. The Morgan fingerprint density at radius 1 is 1.34 bits per heavy atom. The Morgan fingerprint density at radius 3 is 2.62 bits per heavy atom. The van der Waals surface area contributed by atoms with Crippen LogP contribution in [-0.2, 0) is 14.3 Å². The molecule has 1 aromatic carbocycles. The highest BCUT2D eigenvalue weighted by molar-refractivity contribution is 5.92. The standard InChI is InChI=1S/C19H24N2O8/c1-18(2,3)28-17(25)21-12-7-20-11-5-9(16(24)27-4)6-13(23)14(11)10(8-22)19(26,29-20)15(12)21/h5-6,10,12,15,22-23,26H,7-8H2,1-4H3/t10-,12+,15+,19-,21?/m1/s1. The average molecular weight is 408 g/mol. The van der Waals surface area contributed by atoms with E-state index >= 15 is 0 Å². The summed E-state index contributed by atoms with van der Waals surface area (Å²) in [6.45, 7) is 4.87. The van der Waals surface area contributed by atoms with Gasteiger partial charge in [-0.2, -0.15) is 0 Å². The number of hydrogen-bond donors (Lipinski definition) is 3. The van der Waals surface area contributed by atoms with Gasteiger partial charge in [0.15, 0.2) is 0 Å². The number of aliphatic hydroxyl groups is 2. The predicted molar refractivity (Wildman–Crippen MR) is 98.3 cm³/mol. The predicted octanol–water partition coefficient (Wildman–Crippen LogP) is 0.696. The normalized spacial score (nSPS) is 29.7. The van der Waals surface area contributed by atoms with Crippen LogP contribution in [0.4, 0.5) is 10.5 Å². The fourth-order valence-electron chi connectivity index (χ4n) is 4.21. The largest absolute Gasteiger partial charge is 0.508 e. The number of hydrogen-bond acceptors (Lipinski definition) is 9. The third kappa shape index (κ3) is 2.90. The fourth-order valence-corrected chi connectivity index (χ4v) is 4.21. The molecule has 158 valence electrons. The van der Waals surface area contributed by atoms with E-state index in [1.165, 1.54) is 29.2 Å². The molecule has 4 atom stereocenters. The second-order valence-corrected chi connectivity index (χ2v) is 8.46. The maximum atomic E-state index is 12.6. The van der Waals surface area contributed by atoms with Crippen molar-refractivity contribution in [1.82, 2.24) is 4.90 Å². The van der Waals surface area contributed by atoms with E-state index in [1.54, 1.807) is 20.8 Å². The van der Waals surface area contributed by atoms with Crippen molar-refractivity contribution in [2.45, 2.75) is 50.2 Å². The number of benzene rings is 1. The molecular weight excluding hydrogens is 384 g/mol. The monoisotopic (exact) mass is 408 g/mol. The van der Waals surface area contributed by atoms with Crippen molar-refractivity contribution >= 4 is 17.7 Å². The van der Waals surface area contributed by atoms with Crippen molar-refractivity contribution in [2.24, 2.45) is 0 Å². The average Bonchev–Trinajstić information content (AvgIpc) is 3.36. The fraction of sp³-hybridized carbons (Fsp3) is 0.579. The Bertz CT molecular complexity index is 882. The lowest BCUT2D eigenvalue weighted by Gasteiger charge is -2.47. The van der Waals surface area contributed by atoms with Crippen molar-refractivity contribution in [3.63, 3.8) is 0 Å². The van der Waals surface area contributed by atoms with Crippen LogP contribution in [0.3, 0.4) is 0 Å². The van der Waals surface area contributed by atoms with Gasteiger partial charge in [0.25, 0.3) is 0 Å². The number of aromatic hydroxyl groups is 1. The maximum absolute atomic E-state index is 12.6. The number of phenols is 1.